The van der Waals surface area contributed by atoms with Crippen LogP contribution in [0.2, 0.25) is 0 Å². The van der Waals surface area contributed by atoms with Crippen LogP contribution in [-0.2, 0) is 6.42 Å². The second-order valence-corrected chi connectivity index (χ2v) is 7.73. The summed E-state index contributed by atoms with van der Waals surface area (Å²) in [6, 6.07) is 5.81. The lowest BCUT2D eigenvalue weighted by atomic mass is 9.86. The normalized spacial score (nSPS) is 15.7. The Morgan fingerprint density at radius 3 is 2.80 bits per heavy atom. The first-order valence-corrected chi connectivity index (χ1v) is 9.50. The largest absolute Gasteiger partial charge is 0.464 e. The van der Waals surface area contributed by atoms with Crippen LogP contribution in [0.25, 0.3) is 21.5 Å². The first kappa shape index (κ1) is 16.1. The minimum absolute atomic E-state index is 0.366. The van der Waals surface area contributed by atoms with Gasteiger partial charge in [-0.15, -0.1) is 11.3 Å². The molecule has 0 saturated heterocycles. The lowest BCUT2D eigenvalue weighted by Gasteiger charge is -2.21. The number of nitrogen functional groups attached to an aromatic ring is 1. The van der Waals surface area contributed by atoms with E-state index in [-0.39, 0.29) is 0 Å². The fourth-order valence-electron chi connectivity index (χ4n) is 3.77. The molecule has 0 spiro atoms. The molecule has 0 unspecified atom stereocenters. The van der Waals surface area contributed by atoms with Crippen molar-refractivity contribution in [3.63, 3.8) is 0 Å². The summed E-state index contributed by atoms with van der Waals surface area (Å²) in [5.41, 5.74) is 14.0. The number of aromatic nitrogens is 1. The van der Waals surface area contributed by atoms with Gasteiger partial charge in [0, 0.05) is 16.6 Å². The number of hydrogen-bond donors (Lipinski definition) is 2. The number of thiophene rings is 1. The predicted octanol–water partition coefficient (Wildman–Crippen LogP) is 4.36. The summed E-state index contributed by atoms with van der Waals surface area (Å²) in [7, 11) is 0. The van der Waals surface area contributed by atoms with Crippen LogP contribution in [0.4, 0.5) is 5.69 Å². The zero-order chi connectivity index (χ0) is 17.4. The zero-order valence-electron chi connectivity index (χ0n) is 14.0. The maximum atomic E-state index is 11.7. The summed E-state index contributed by atoms with van der Waals surface area (Å²) < 4.78 is 5.60. The van der Waals surface area contributed by atoms with Crippen LogP contribution >= 0.6 is 11.3 Å². The number of carbonyl (C=O) groups is 1. The zero-order valence-corrected chi connectivity index (χ0v) is 14.8. The third-order valence-corrected chi connectivity index (χ3v) is 6.10. The molecule has 0 aromatic carbocycles. The minimum Gasteiger partial charge on any atom is -0.464 e. The van der Waals surface area contributed by atoms with Crippen molar-refractivity contribution in [3.8, 4) is 11.3 Å². The Kier molecular flexibility index (Phi) is 4.21. The molecule has 0 radical (unpaired) electrons. The fraction of sp³-hybridized carbons (Fsp3) is 0.368. The van der Waals surface area contributed by atoms with Crippen molar-refractivity contribution < 1.29 is 9.21 Å². The second-order valence-electron chi connectivity index (χ2n) is 6.74. The van der Waals surface area contributed by atoms with Gasteiger partial charge in [-0.25, -0.2) is 4.98 Å². The Morgan fingerprint density at radius 2 is 2.12 bits per heavy atom. The van der Waals surface area contributed by atoms with E-state index in [9.17, 15) is 4.79 Å². The van der Waals surface area contributed by atoms with E-state index >= 15 is 0 Å². The predicted molar refractivity (Wildman–Crippen MR) is 101 cm³/mol. The van der Waals surface area contributed by atoms with Crippen molar-refractivity contribution in [2.75, 3.05) is 5.73 Å². The highest BCUT2D eigenvalue weighted by Gasteiger charge is 2.22. The summed E-state index contributed by atoms with van der Waals surface area (Å²) in [6.07, 6.45) is 9.05. The fourth-order valence-corrected chi connectivity index (χ4v) is 4.76. The Bertz CT molecular complexity index is 909. The number of nitrogens with zero attached hydrogens (tertiary/aromatic N) is 1. The molecule has 0 atom stereocenters. The molecule has 0 bridgehead atoms. The lowest BCUT2D eigenvalue weighted by Crippen LogP contribution is -2.10. The number of amides is 1. The monoisotopic (exact) mass is 355 g/mol. The van der Waals surface area contributed by atoms with Gasteiger partial charge in [-0.05, 0) is 30.5 Å². The molecule has 3 aromatic rings. The number of nitrogens with two attached hydrogens (primary N) is 2. The summed E-state index contributed by atoms with van der Waals surface area (Å²) >= 11 is 1.27. The topological polar surface area (TPSA) is 95.1 Å². The first-order chi connectivity index (χ1) is 12.1. The van der Waals surface area contributed by atoms with E-state index in [1.807, 2.05) is 12.1 Å². The molecule has 6 heteroatoms. The van der Waals surface area contributed by atoms with Gasteiger partial charge in [-0.1, -0.05) is 32.1 Å². The van der Waals surface area contributed by atoms with E-state index < -0.39 is 5.91 Å². The van der Waals surface area contributed by atoms with E-state index in [0.717, 1.165) is 33.7 Å². The van der Waals surface area contributed by atoms with Crippen LogP contribution in [0.1, 0.15) is 47.5 Å². The highest BCUT2D eigenvalue weighted by molar-refractivity contribution is 7.21. The number of anilines is 1. The van der Waals surface area contributed by atoms with Gasteiger partial charge in [0.05, 0.1) is 12.0 Å². The Labute approximate surface area is 150 Å². The SMILES string of the molecule is NC(=O)c1sc2nc(CC3CCCCC3)cc(-c3ccco3)c2c1N. The molecule has 1 aliphatic rings. The average Bonchev–Trinajstić information content (AvgIpc) is 3.24. The van der Waals surface area contributed by atoms with Gasteiger partial charge in [0.2, 0.25) is 0 Å². The van der Waals surface area contributed by atoms with Crippen molar-refractivity contribution in [2.24, 2.45) is 11.7 Å². The smallest absolute Gasteiger partial charge is 0.260 e. The lowest BCUT2D eigenvalue weighted by molar-refractivity contribution is 0.100. The molecular formula is C19H21N3O2S. The summed E-state index contributed by atoms with van der Waals surface area (Å²) in [6.45, 7) is 0. The summed E-state index contributed by atoms with van der Waals surface area (Å²) in [5.74, 6) is 0.897. The Balaban J connectivity index is 1.84. The highest BCUT2D eigenvalue weighted by Crippen LogP contribution is 2.40. The molecule has 0 aliphatic heterocycles. The van der Waals surface area contributed by atoms with Gasteiger partial charge in [0.25, 0.3) is 5.91 Å². The first-order valence-electron chi connectivity index (χ1n) is 8.69. The molecule has 25 heavy (non-hydrogen) atoms. The van der Waals surface area contributed by atoms with Crippen LogP contribution in [0.15, 0.2) is 28.9 Å². The highest BCUT2D eigenvalue weighted by atomic mass is 32.1. The van der Waals surface area contributed by atoms with E-state index in [4.69, 9.17) is 20.9 Å². The molecule has 4 rings (SSSR count). The van der Waals surface area contributed by atoms with Crippen LogP contribution < -0.4 is 11.5 Å². The molecule has 5 nitrogen and oxygen atoms in total. The number of rotatable bonds is 4. The Hall–Kier alpha value is -2.34. The molecule has 1 fully saturated rings. The number of primary amides is 1. The van der Waals surface area contributed by atoms with E-state index in [0.29, 0.717) is 16.5 Å². The maximum Gasteiger partial charge on any atom is 0.260 e. The van der Waals surface area contributed by atoms with Gasteiger partial charge in [0.1, 0.15) is 15.5 Å². The third-order valence-electron chi connectivity index (χ3n) is 4.98. The van der Waals surface area contributed by atoms with Gasteiger partial charge >= 0.3 is 0 Å². The number of pyridine rings is 1. The molecule has 1 amide bonds. The van der Waals surface area contributed by atoms with Crippen LogP contribution in [0.3, 0.4) is 0 Å². The van der Waals surface area contributed by atoms with Crippen molar-refractivity contribution in [3.05, 3.63) is 35.0 Å². The van der Waals surface area contributed by atoms with Crippen molar-refractivity contribution in [1.82, 2.24) is 4.98 Å². The van der Waals surface area contributed by atoms with Crippen LogP contribution in [-0.4, -0.2) is 10.9 Å². The second kappa shape index (κ2) is 6.52. The molecule has 3 heterocycles. The van der Waals surface area contributed by atoms with Crippen molar-refractivity contribution in [1.29, 1.82) is 0 Å². The molecule has 4 N–H and O–H groups in total. The van der Waals surface area contributed by atoms with Crippen molar-refractivity contribution in [2.45, 2.75) is 38.5 Å². The van der Waals surface area contributed by atoms with E-state index in [1.54, 1.807) is 6.26 Å². The average molecular weight is 355 g/mol. The number of fused-ring (bicyclic) bond motifs is 1. The molecule has 1 aliphatic carbocycles. The number of hydrogen-bond acceptors (Lipinski definition) is 5. The maximum absolute atomic E-state index is 11.7. The Morgan fingerprint density at radius 1 is 1.32 bits per heavy atom. The molecule has 3 aromatic heterocycles. The molecule has 130 valence electrons. The van der Waals surface area contributed by atoms with Gasteiger partial charge in [-0.3, -0.25) is 4.79 Å². The summed E-state index contributed by atoms with van der Waals surface area (Å²) in [4.78, 5) is 17.6. The molecule has 1 saturated carbocycles. The molecular weight excluding hydrogens is 334 g/mol. The summed E-state index contributed by atoms with van der Waals surface area (Å²) in [5, 5.41) is 0.765. The number of furan rings is 1. The van der Waals surface area contributed by atoms with Crippen molar-refractivity contribution >= 4 is 33.1 Å². The standard InChI is InChI=1S/C19H21N3O2S/c20-16-15-13(14-7-4-8-24-14)10-12(9-11-5-2-1-3-6-11)22-19(15)25-17(16)18(21)23/h4,7-8,10-11H,1-3,5-6,9,20H2,(H2,21,23). The quantitative estimate of drug-likeness (QED) is 0.727. The minimum atomic E-state index is -0.514. The van der Waals surface area contributed by atoms with Gasteiger partial charge in [0.15, 0.2) is 0 Å². The van der Waals surface area contributed by atoms with Gasteiger partial charge < -0.3 is 15.9 Å². The van der Waals surface area contributed by atoms with E-state index in [2.05, 4.69) is 6.07 Å². The van der Waals surface area contributed by atoms with Gasteiger partial charge in [-0.2, -0.15) is 0 Å². The van der Waals surface area contributed by atoms with Crippen LogP contribution in [0, 0.1) is 5.92 Å². The third kappa shape index (κ3) is 3.02. The number of carbonyl (C=O) groups excluding carboxylic acids is 1. The van der Waals surface area contributed by atoms with E-state index in [1.165, 1.54) is 43.4 Å². The van der Waals surface area contributed by atoms with Crippen LogP contribution in [0.5, 0.6) is 0 Å².